The highest BCUT2D eigenvalue weighted by Gasteiger charge is 2.35. The van der Waals surface area contributed by atoms with Crippen LogP contribution in [-0.2, 0) is 14.3 Å². The van der Waals surface area contributed by atoms with Gasteiger partial charge in [-0.25, -0.2) is 4.79 Å². The lowest BCUT2D eigenvalue weighted by atomic mass is 10.2. The second-order valence-electron chi connectivity index (χ2n) is 6.76. The summed E-state index contributed by atoms with van der Waals surface area (Å²) in [6, 6.07) is 10.3. The largest absolute Gasteiger partial charge is 0.492 e. The van der Waals surface area contributed by atoms with Crippen molar-refractivity contribution in [3.8, 4) is 17.2 Å². The average molecular weight is 618 g/mol. The monoisotopic (exact) mass is 617 g/mol. The fourth-order valence-electron chi connectivity index (χ4n) is 2.89. The van der Waals surface area contributed by atoms with Gasteiger partial charge in [0.05, 0.1) is 28.7 Å². The van der Waals surface area contributed by atoms with E-state index in [0.717, 1.165) is 16.7 Å². The molecule has 0 spiro atoms. The zero-order valence-electron chi connectivity index (χ0n) is 18.3. The van der Waals surface area contributed by atoms with Crippen LogP contribution in [0.25, 0.3) is 6.08 Å². The molecule has 180 valence electrons. The molecule has 2 aromatic rings. The van der Waals surface area contributed by atoms with Gasteiger partial charge in [0.15, 0.2) is 18.1 Å². The van der Waals surface area contributed by atoms with Gasteiger partial charge in [-0.1, -0.05) is 11.6 Å². The Kier molecular flexibility index (Phi) is 9.48. The van der Waals surface area contributed by atoms with E-state index in [0.29, 0.717) is 38.0 Å². The third-order valence-corrected chi connectivity index (χ3v) is 6.42. The van der Waals surface area contributed by atoms with Crippen molar-refractivity contribution >= 4 is 69.1 Å². The maximum absolute atomic E-state index is 12.8. The van der Waals surface area contributed by atoms with Crippen LogP contribution in [0.15, 0.2) is 41.3 Å². The molecule has 0 unspecified atom stereocenters. The zero-order valence-corrected chi connectivity index (χ0v) is 22.1. The number of rotatable bonds is 10. The highest BCUT2D eigenvalue weighted by molar-refractivity contribution is 14.1. The van der Waals surface area contributed by atoms with Crippen molar-refractivity contribution < 1.29 is 33.3 Å². The maximum Gasteiger partial charge on any atom is 0.343 e. The number of carbonyl (C=O) groups is 3. The van der Waals surface area contributed by atoms with Gasteiger partial charge in [-0.15, -0.1) is 0 Å². The Bertz CT molecular complexity index is 1110. The lowest BCUT2D eigenvalue weighted by Crippen LogP contribution is -2.32. The maximum atomic E-state index is 12.8. The summed E-state index contributed by atoms with van der Waals surface area (Å²) in [5.41, 5.74) is 0.654. The van der Waals surface area contributed by atoms with Crippen LogP contribution in [-0.4, -0.2) is 55.5 Å². The van der Waals surface area contributed by atoms with Gasteiger partial charge in [-0.3, -0.25) is 14.5 Å². The molecule has 2 amide bonds. The molecule has 0 aliphatic carbocycles. The number of hydrogen-bond donors (Lipinski definition) is 0. The minimum atomic E-state index is -0.518. The SMILES string of the molecule is CCOc1cc(/C=C2\SC(=O)N(CCOc3ccc(Cl)cc3)C2=O)cc(I)c1OCC(=O)OC. The predicted molar refractivity (Wildman–Crippen MR) is 137 cm³/mol. The summed E-state index contributed by atoms with van der Waals surface area (Å²) in [5.74, 6) is 0.502. The average Bonchev–Trinajstić information content (AvgIpc) is 3.07. The summed E-state index contributed by atoms with van der Waals surface area (Å²) < 4.78 is 22.1. The number of carbonyl (C=O) groups excluding carboxylic acids is 3. The number of halogens is 2. The van der Waals surface area contributed by atoms with E-state index < -0.39 is 11.9 Å². The van der Waals surface area contributed by atoms with E-state index in [1.807, 2.05) is 6.92 Å². The molecule has 1 fully saturated rings. The van der Waals surface area contributed by atoms with E-state index in [4.69, 9.17) is 25.8 Å². The van der Waals surface area contributed by atoms with Crippen LogP contribution >= 0.6 is 46.0 Å². The summed E-state index contributed by atoms with van der Waals surface area (Å²) in [4.78, 5) is 38.1. The Morgan fingerprint density at radius 1 is 1.15 bits per heavy atom. The molecule has 1 heterocycles. The molecule has 0 saturated carbocycles. The molecule has 1 aliphatic rings. The van der Waals surface area contributed by atoms with Gasteiger partial charge in [0.2, 0.25) is 0 Å². The van der Waals surface area contributed by atoms with Crippen LogP contribution in [0.4, 0.5) is 4.79 Å². The lowest BCUT2D eigenvalue weighted by molar-refractivity contribution is -0.143. The van der Waals surface area contributed by atoms with E-state index in [1.165, 1.54) is 7.11 Å². The molecular formula is C23H21ClINO7S. The van der Waals surface area contributed by atoms with Gasteiger partial charge >= 0.3 is 5.97 Å². The van der Waals surface area contributed by atoms with Crippen LogP contribution in [0.3, 0.4) is 0 Å². The van der Waals surface area contributed by atoms with Crippen molar-refractivity contribution in [3.05, 3.63) is 55.5 Å². The quantitative estimate of drug-likeness (QED) is 0.209. The molecule has 11 heteroatoms. The number of methoxy groups -OCH3 is 1. The van der Waals surface area contributed by atoms with Crippen molar-refractivity contribution in [2.75, 3.05) is 33.5 Å². The first-order valence-corrected chi connectivity index (χ1v) is 12.4. The van der Waals surface area contributed by atoms with Gasteiger partial charge in [0.25, 0.3) is 11.1 Å². The minimum absolute atomic E-state index is 0.118. The first-order chi connectivity index (χ1) is 16.3. The van der Waals surface area contributed by atoms with Crippen LogP contribution < -0.4 is 14.2 Å². The summed E-state index contributed by atoms with van der Waals surface area (Å²) in [7, 11) is 1.28. The van der Waals surface area contributed by atoms with Crippen molar-refractivity contribution in [3.63, 3.8) is 0 Å². The Morgan fingerprint density at radius 2 is 1.88 bits per heavy atom. The van der Waals surface area contributed by atoms with Crippen molar-refractivity contribution in [1.82, 2.24) is 4.90 Å². The molecule has 0 radical (unpaired) electrons. The van der Waals surface area contributed by atoms with E-state index in [2.05, 4.69) is 27.3 Å². The summed E-state index contributed by atoms with van der Waals surface area (Å²) in [6.45, 7) is 2.21. The molecule has 0 N–H and O–H groups in total. The second kappa shape index (κ2) is 12.3. The van der Waals surface area contributed by atoms with Crippen LogP contribution in [0.2, 0.25) is 5.02 Å². The minimum Gasteiger partial charge on any atom is -0.492 e. The first kappa shape index (κ1) is 26.2. The van der Waals surface area contributed by atoms with Gasteiger partial charge < -0.3 is 18.9 Å². The predicted octanol–water partition coefficient (Wildman–Crippen LogP) is 5.01. The number of esters is 1. The number of nitrogens with zero attached hydrogens (tertiary/aromatic N) is 1. The Balaban J connectivity index is 1.71. The van der Waals surface area contributed by atoms with Crippen molar-refractivity contribution in [1.29, 1.82) is 0 Å². The number of ether oxygens (including phenoxy) is 4. The van der Waals surface area contributed by atoms with Crippen LogP contribution in [0.1, 0.15) is 12.5 Å². The highest BCUT2D eigenvalue weighted by Crippen LogP contribution is 2.37. The molecule has 1 saturated heterocycles. The Hall–Kier alpha value is -2.44. The zero-order chi connectivity index (χ0) is 24.7. The van der Waals surface area contributed by atoms with Gasteiger partial charge in [-0.05, 0) is 89.3 Å². The first-order valence-electron chi connectivity index (χ1n) is 10.1. The van der Waals surface area contributed by atoms with E-state index in [-0.39, 0.29) is 29.9 Å². The summed E-state index contributed by atoms with van der Waals surface area (Å²) in [5, 5.41) is 0.224. The number of imide groups is 1. The molecular weight excluding hydrogens is 597 g/mol. The van der Waals surface area contributed by atoms with Gasteiger partial charge in [0.1, 0.15) is 12.4 Å². The van der Waals surface area contributed by atoms with E-state index in [9.17, 15) is 14.4 Å². The Morgan fingerprint density at radius 3 is 2.56 bits per heavy atom. The van der Waals surface area contributed by atoms with Crippen molar-refractivity contribution in [2.45, 2.75) is 6.92 Å². The summed E-state index contributed by atoms with van der Waals surface area (Å²) in [6.07, 6.45) is 1.62. The van der Waals surface area contributed by atoms with Gasteiger partial charge in [0, 0.05) is 5.02 Å². The number of hydrogen-bond acceptors (Lipinski definition) is 8. The molecule has 3 rings (SSSR count). The van der Waals surface area contributed by atoms with E-state index in [1.54, 1.807) is 42.5 Å². The third kappa shape index (κ3) is 6.80. The Labute approximate surface area is 219 Å². The summed E-state index contributed by atoms with van der Waals surface area (Å²) >= 11 is 8.77. The lowest BCUT2D eigenvalue weighted by Gasteiger charge is -2.14. The second-order valence-corrected chi connectivity index (χ2v) is 9.36. The molecule has 1 aliphatic heterocycles. The third-order valence-electron chi connectivity index (χ3n) is 4.46. The number of amides is 2. The fraction of sp³-hybridized carbons (Fsp3) is 0.261. The molecule has 8 nitrogen and oxygen atoms in total. The molecule has 0 bridgehead atoms. The number of benzene rings is 2. The number of thioether (sulfide) groups is 1. The van der Waals surface area contributed by atoms with Gasteiger partial charge in [-0.2, -0.15) is 0 Å². The topological polar surface area (TPSA) is 91.4 Å². The highest BCUT2D eigenvalue weighted by atomic mass is 127. The molecule has 0 aromatic heterocycles. The van der Waals surface area contributed by atoms with Crippen molar-refractivity contribution in [2.24, 2.45) is 0 Å². The van der Waals surface area contributed by atoms with E-state index >= 15 is 0 Å². The molecule has 2 aromatic carbocycles. The molecule has 0 atom stereocenters. The standard InChI is InChI=1S/C23H21ClINO7S/c1-3-31-18-11-14(10-17(25)21(18)33-13-20(27)30-2)12-19-22(28)26(23(29)34-19)8-9-32-16-6-4-15(24)5-7-16/h4-7,10-12H,3,8-9,13H2,1-2H3/b19-12-. The smallest absolute Gasteiger partial charge is 0.343 e. The normalized spacial score (nSPS) is 14.5. The fourth-order valence-corrected chi connectivity index (χ4v) is 4.67. The van der Waals surface area contributed by atoms with Crippen LogP contribution in [0, 0.1) is 3.57 Å². The molecule has 34 heavy (non-hydrogen) atoms. The van der Waals surface area contributed by atoms with Crippen LogP contribution in [0.5, 0.6) is 17.2 Å².